The summed E-state index contributed by atoms with van der Waals surface area (Å²) in [6.45, 7) is 4.65. The van der Waals surface area contributed by atoms with Crippen LogP contribution in [0, 0.1) is 0 Å². The lowest BCUT2D eigenvalue weighted by atomic mass is 10.1. The normalized spacial score (nSPS) is 11.0. The fourth-order valence-electron chi connectivity index (χ4n) is 3.02. The third-order valence-corrected chi connectivity index (χ3v) is 4.98. The molecule has 1 aromatic heterocycles. The first kappa shape index (κ1) is 24.9. The van der Waals surface area contributed by atoms with Gasteiger partial charge in [-0.3, -0.25) is 4.99 Å². The molecule has 166 valence electrons. The number of benzene rings is 2. The van der Waals surface area contributed by atoms with Crippen LogP contribution in [0.2, 0.25) is 5.02 Å². The first-order valence-corrected chi connectivity index (χ1v) is 10.3. The molecule has 0 spiro atoms. The third-order valence-electron chi connectivity index (χ3n) is 4.67. The van der Waals surface area contributed by atoms with Crippen molar-refractivity contribution >= 4 is 41.5 Å². The zero-order valence-electron chi connectivity index (χ0n) is 17.7. The number of nitrogens with zero attached hydrogens (tertiary/aromatic N) is 4. The molecule has 0 unspecified atom stereocenters. The Balaban J connectivity index is 0.00000341. The Hall–Kier alpha value is -2.33. The largest absolute Gasteiger partial charge is 0.487 e. The Morgan fingerprint density at radius 2 is 1.84 bits per heavy atom. The molecule has 31 heavy (non-hydrogen) atoms. The Morgan fingerprint density at radius 1 is 1.10 bits per heavy atom. The van der Waals surface area contributed by atoms with Crippen LogP contribution in [0.15, 0.2) is 59.9 Å². The van der Waals surface area contributed by atoms with Crippen molar-refractivity contribution in [3.8, 4) is 5.75 Å². The maximum absolute atomic E-state index is 6.19. The molecule has 0 aliphatic heterocycles. The average Bonchev–Trinajstić information content (AvgIpc) is 3.23. The summed E-state index contributed by atoms with van der Waals surface area (Å²) in [7, 11) is 1.76. The van der Waals surface area contributed by atoms with Crippen molar-refractivity contribution in [1.82, 2.24) is 25.4 Å². The summed E-state index contributed by atoms with van der Waals surface area (Å²) in [4.78, 5) is 4.30. The molecule has 0 amide bonds. The highest BCUT2D eigenvalue weighted by molar-refractivity contribution is 14.0. The molecule has 0 bridgehead atoms. The van der Waals surface area contributed by atoms with Crippen LogP contribution < -0.4 is 15.4 Å². The van der Waals surface area contributed by atoms with E-state index in [-0.39, 0.29) is 24.0 Å². The van der Waals surface area contributed by atoms with Crippen LogP contribution in [0.4, 0.5) is 0 Å². The topological polar surface area (TPSA) is 76.4 Å². The van der Waals surface area contributed by atoms with Crippen molar-refractivity contribution in [1.29, 1.82) is 0 Å². The average molecular weight is 555 g/mol. The van der Waals surface area contributed by atoms with Crippen LogP contribution in [-0.2, 0) is 26.1 Å². The van der Waals surface area contributed by atoms with Gasteiger partial charge in [0.25, 0.3) is 0 Å². The Labute approximate surface area is 205 Å². The van der Waals surface area contributed by atoms with E-state index < -0.39 is 0 Å². The van der Waals surface area contributed by atoms with E-state index in [0.717, 1.165) is 42.4 Å². The number of nitrogens with one attached hydrogen (secondary N) is 2. The molecular weight excluding hydrogens is 527 g/mol. The van der Waals surface area contributed by atoms with Gasteiger partial charge < -0.3 is 19.9 Å². The number of aromatic nitrogens is 3. The van der Waals surface area contributed by atoms with Crippen molar-refractivity contribution < 1.29 is 4.74 Å². The summed E-state index contributed by atoms with van der Waals surface area (Å²) in [5, 5.41) is 15.4. The van der Waals surface area contributed by atoms with E-state index in [1.807, 2.05) is 41.0 Å². The molecule has 2 aromatic carbocycles. The zero-order chi connectivity index (χ0) is 21.2. The molecule has 1 heterocycles. The molecule has 9 heteroatoms. The highest BCUT2D eigenvalue weighted by atomic mass is 127. The van der Waals surface area contributed by atoms with Crippen molar-refractivity contribution in [2.24, 2.45) is 4.99 Å². The van der Waals surface area contributed by atoms with E-state index in [1.165, 1.54) is 0 Å². The van der Waals surface area contributed by atoms with Crippen molar-refractivity contribution in [3.05, 3.63) is 76.8 Å². The molecule has 0 saturated heterocycles. The number of ether oxygens (including phenoxy) is 1. The predicted octanol–water partition coefficient (Wildman–Crippen LogP) is 4.06. The first-order chi connectivity index (χ1) is 14.7. The minimum Gasteiger partial charge on any atom is -0.487 e. The monoisotopic (exact) mass is 554 g/mol. The highest BCUT2D eigenvalue weighted by Gasteiger charge is 2.07. The second-order valence-electron chi connectivity index (χ2n) is 6.63. The lowest BCUT2D eigenvalue weighted by molar-refractivity contribution is 0.305. The standard InChI is InChI=1S/C22H27ClN6O.HI/c1-3-21-28-27-16-29(21)13-12-25-22(24-2)26-14-17-8-4-5-9-18(17)15-30-20-11-7-6-10-19(20)23;/h4-11,16H,3,12-15H2,1-2H3,(H2,24,25,26);1H. The number of hydrogen-bond acceptors (Lipinski definition) is 4. The van der Waals surface area contributed by atoms with E-state index in [4.69, 9.17) is 16.3 Å². The second-order valence-corrected chi connectivity index (χ2v) is 7.04. The van der Waals surface area contributed by atoms with E-state index in [0.29, 0.717) is 23.9 Å². The van der Waals surface area contributed by atoms with Crippen LogP contribution in [0.25, 0.3) is 0 Å². The molecule has 2 N–H and O–H groups in total. The molecule has 3 aromatic rings. The fraction of sp³-hybridized carbons (Fsp3) is 0.318. The van der Waals surface area contributed by atoms with Crippen LogP contribution in [-0.4, -0.2) is 34.3 Å². The van der Waals surface area contributed by atoms with Gasteiger partial charge in [0.1, 0.15) is 24.5 Å². The number of rotatable bonds is 9. The van der Waals surface area contributed by atoms with E-state index in [1.54, 1.807) is 13.4 Å². The molecule has 0 aliphatic rings. The molecule has 0 aliphatic carbocycles. The number of para-hydroxylation sites is 1. The highest BCUT2D eigenvalue weighted by Crippen LogP contribution is 2.24. The first-order valence-electron chi connectivity index (χ1n) is 9.96. The van der Waals surface area contributed by atoms with E-state index >= 15 is 0 Å². The van der Waals surface area contributed by atoms with Gasteiger partial charge in [-0.05, 0) is 23.3 Å². The van der Waals surface area contributed by atoms with Crippen molar-refractivity contribution in [2.45, 2.75) is 33.0 Å². The van der Waals surface area contributed by atoms with E-state index in [2.05, 4.69) is 44.9 Å². The number of guanidine groups is 1. The molecule has 7 nitrogen and oxygen atoms in total. The zero-order valence-corrected chi connectivity index (χ0v) is 20.8. The second kappa shape index (κ2) is 13.2. The van der Waals surface area contributed by atoms with Gasteiger partial charge in [0.15, 0.2) is 5.96 Å². The SMILES string of the molecule is CCc1nncn1CCNC(=NC)NCc1ccccc1COc1ccccc1Cl.I. The molecule has 3 rings (SSSR count). The molecule has 0 saturated carbocycles. The number of aryl methyl sites for hydroxylation is 1. The summed E-state index contributed by atoms with van der Waals surface area (Å²) < 4.78 is 7.95. The minimum absolute atomic E-state index is 0. The fourth-order valence-corrected chi connectivity index (χ4v) is 3.21. The van der Waals surface area contributed by atoms with Crippen molar-refractivity contribution in [2.75, 3.05) is 13.6 Å². The third kappa shape index (κ3) is 7.39. The predicted molar refractivity (Wildman–Crippen MR) is 135 cm³/mol. The quantitative estimate of drug-likeness (QED) is 0.237. The Kier molecular flexibility index (Phi) is 10.6. The summed E-state index contributed by atoms with van der Waals surface area (Å²) >= 11 is 6.19. The van der Waals surface area contributed by atoms with Gasteiger partial charge in [0.2, 0.25) is 0 Å². The summed E-state index contributed by atoms with van der Waals surface area (Å²) in [6.07, 6.45) is 2.62. The Bertz CT molecular complexity index is 978. The van der Waals surface area contributed by atoms with Crippen LogP contribution in [0.3, 0.4) is 0 Å². The van der Waals surface area contributed by atoms with Crippen LogP contribution in [0.1, 0.15) is 23.9 Å². The lowest BCUT2D eigenvalue weighted by Crippen LogP contribution is -2.38. The van der Waals surface area contributed by atoms with Gasteiger partial charge in [-0.25, -0.2) is 0 Å². The van der Waals surface area contributed by atoms with Gasteiger partial charge >= 0.3 is 0 Å². The van der Waals surface area contributed by atoms with Gasteiger partial charge in [0.05, 0.1) is 5.02 Å². The Morgan fingerprint density at radius 3 is 2.58 bits per heavy atom. The maximum atomic E-state index is 6.19. The van der Waals surface area contributed by atoms with Gasteiger partial charge in [-0.2, -0.15) is 0 Å². The molecule has 0 atom stereocenters. The number of halogens is 2. The number of hydrogen-bond donors (Lipinski definition) is 2. The van der Waals surface area contributed by atoms with Crippen LogP contribution in [0.5, 0.6) is 5.75 Å². The molecule has 0 fully saturated rings. The molecular formula is C22H28ClIN6O. The summed E-state index contributed by atoms with van der Waals surface area (Å²) in [5.41, 5.74) is 2.23. The van der Waals surface area contributed by atoms with Gasteiger partial charge in [0, 0.05) is 33.1 Å². The summed E-state index contributed by atoms with van der Waals surface area (Å²) in [6, 6.07) is 15.7. The summed E-state index contributed by atoms with van der Waals surface area (Å²) in [5.74, 6) is 2.40. The molecule has 0 radical (unpaired) electrons. The maximum Gasteiger partial charge on any atom is 0.191 e. The minimum atomic E-state index is 0. The van der Waals surface area contributed by atoms with Gasteiger partial charge in [-0.15, -0.1) is 34.2 Å². The van der Waals surface area contributed by atoms with Gasteiger partial charge in [-0.1, -0.05) is 54.9 Å². The number of aliphatic imine (C=N–C) groups is 1. The van der Waals surface area contributed by atoms with Crippen LogP contribution >= 0.6 is 35.6 Å². The van der Waals surface area contributed by atoms with Crippen molar-refractivity contribution in [3.63, 3.8) is 0 Å². The van der Waals surface area contributed by atoms with E-state index in [9.17, 15) is 0 Å². The lowest BCUT2D eigenvalue weighted by Gasteiger charge is -2.15. The smallest absolute Gasteiger partial charge is 0.191 e.